The van der Waals surface area contributed by atoms with Crippen molar-refractivity contribution in [2.24, 2.45) is 0 Å². The molecule has 0 aliphatic heterocycles. The largest absolute Gasteiger partial charge is 0.395 e. The highest BCUT2D eigenvalue weighted by Crippen LogP contribution is 2.24. The van der Waals surface area contributed by atoms with Gasteiger partial charge in [-0.15, -0.1) is 11.3 Å². The number of hydrogen-bond acceptors (Lipinski definition) is 4. The summed E-state index contributed by atoms with van der Waals surface area (Å²) < 4.78 is 1.14. The summed E-state index contributed by atoms with van der Waals surface area (Å²) >= 11 is 5.22. The van der Waals surface area contributed by atoms with Crippen LogP contribution in [0.3, 0.4) is 0 Å². The van der Waals surface area contributed by atoms with E-state index >= 15 is 0 Å². The molecular weight excluding hydrogens is 350 g/mol. The number of halogens is 1. The number of aromatic nitrogens is 2. The van der Waals surface area contributed by atoms with E-state index in [1.165, 1.54) is 10.4 Å². The van der Waals surface area contributed by atoms with Crippen molar-refractivity contribution in [3.8, 4) is 0 Å². The Labute approximate surface area is 135 Å². The molecule has 0 aliphatic rings. The molecule has 0 unspecified atom stereocenters. The lowest BCUT2D eigenvalue weighted by molar-refractivity contribution is 0.185. The zero-order chi connectivity index (χ0) is 14.7. The van der Waals surface area contributed by atoms with Gasteiger partial charge in [-0.1, -0.05) is 12.1 Å². The highest BCUT2D eigenvalue weighted by Gasteiger charge is 2.09. The van der Waals surface area contributed by atoms with E-state index in [0.717, 1.165) is 27.8 Å². The zero-order valence-electron chi connectivity index (χ0n) is 11.4. The molecule has 3 rings (SSSR count). The van der Waals surface area contributed by atoms with Crippen molar-refractivity contribution >= 4 is 38.2 Å². The van der Waals surface area contributed by atoms with Gasteiger partial charge in [0, 0.05) is 29.9 Å². The van der Waals surface area contributed by atoms with Gasteiger partial charge in [0.25, 0.3) is 0 Å². The van der Waals surface area contributed by atoms with Gasteiger partial charge < -0.3 is 5.11 Å². The van der Waals surface area contributed by atoms with Crippen LogP contribution in [-0.2, 0) is 13.1 Å². The quantitative estimate of drug-likeness (QED) is 0.703. The van der Waals surface area contributed by atoms with Crippen molar-refractivity contribution in [3.05, 3.63) is 50.8 Å². The van der Waals surface area contributed by atoms with E-state index in [4.69, 9.17) is 0 Å². The maximum Gasteiger partial charge on any atom is 0.0701 e. The first-order valence-electron chi connectivity index (χ1n) is 6.74. The number of hydrogen-bond donors (Lipinski definition) is 2. The van der Waals surface area contributed by atoms with Gasteiger partial charge in [-0.05, 0) is 39.7 Å². The first-order valence-corrected chi connectivity index (χ1v) is 8.35. The van der Waals surface area contributed by atoms with Crippen molar-refractivity contribution in [1.82, 2.24) is 15.1 Å². The lowest BCUT2D eigenvalue weighted by Gasteiger charge is -2.20. The third-order valence-electron chi connectivity index (χ3n) is 3.34. The SMILES string of the molecule is OCCN(Cc1ccc2cn[nH]c2c1)Cc1ccc(Br)s1. The average molecular weight is 366 g/mol. The number of aliphatic hydroxyl groups excluding tert-OH is 1. The molecule has 2 N–H and O–H groups in total. The van der Waals surface area contributed by atoms with Crippen LogP contribution in [0.4, 0.5) is 0 Å². The number of benzene rings is 1. The molecule has 1 aromatic carbocycles. The maximum atomic E-state index is 9.27. The second-order valence-electron chi connectivity index (χ2n) is 4.93. The number of fused-ring (bicyclic) bond motifs is 1. The van der Waals surface area contributed by atoms with Gasteiger partial charge in [0.15, 0.2) is 0 Å². The molecule has 0 bridgehead atoms. The number of aliphatic hydroxyl groups is 1. The lowest BCUT2D eigenvalue weighted by Crippen LogP contribution is -2.25. The Balaban J connectivity index is 1.74. The molecule has 0 fully saturated rings. The van der Waals surface area contributed by atoms with Gasteiger partial charge in [-0.25, -0.2) is 0 Å². The molecule has 0 aliphatic carbocycles. The standard InChI is InChI=1S/C15H16BrN3OS/c16-15-4-3-13(21-15)10-19(5-6-20)9-11-1-2-12-8-17-18-14(12)7-11/h1-4,7-8,20H,5-6,9-10H2,(H,17,18). The van der Waals surface area contributed by atoms with Crippen LogP contribution < -0.4 is 0 Å². The number of nitrogens with zero attached hydrogens (tertiary/aromatic N) is 2. The molecular formula is C15H16BrN3OS. The summed E-state index contributed by atoms with van der Waals surface area (Å²) in [5, 5.41) is 17.4. The molecule has 6 heteroatoms. The second kappa shape index (κ2) is 6.70. The van der Waals surface area contributed by atoms with E-state index in [0.29, 0.717) is 6.54 Å². The van der Waals surface area contributed by atoms with Crippen LogP contribution >= 0.6 is 27.3 Å². The van der Waals surface area contributed by atoms with Crippen LogP contribution in [0.2, 0.25) is 0 Å². The maximum absolute atomic E-state index is 9.27. The second-order valence-corrected chi connectivity index (χ2v) is 7.48. The Morgan fingerprint density at radius 3 is 2.90 bits per heavy atom. The molecule has 4 nitrogen and oxygen atoms in total. The van der Waals surface area contributed by atoms with Crippen molar-refractivity contribution < 1.29 is 5.11 Å². The lowest BCUT2D eigenvalue weighted by atomic mass is 10.1. The topological polar surface area (TPSA) is 52.1 Å². The summed E-state index contributed by atoms with van der Waals surface area (Å²) in [5.74, 6) is 0. The minimum absolute atomic E-state index is 0.166. The molecule has 3 aromatic rings. The molecule has 2 heterocycles. The third kappa shape index (κ3) is 3.71. The molecule has 110 valence electrons. The van der Waals surface area contributed by atoms with Gasteiger partial charge in [0.05, 0.1) is 22.1 Å². The number of H-pyrrole nitrogens is 1. The fraction of sp³-hybridized carbons (Fsp3) is 0.267. The Kier molecular flexibility index (Phi) is 4.70. The number of rotatable bonds is 6. The predicted octanol–water partition coefficient (Wildman–Crippen LogP) is 3.38. The fourth-order valence-electron chi connectivity index (χ4n) is 2.35. The van der Waals surface area contributed by atoms with Crippen LogP contribution in [0.25, 0.3) is 10.9 Å². The van der Waals surface area contributed by atoms with Gasteiger partial charge in [-0.2, -0.15) is 5.10 Å². The van der Waals surface area contributed by atoms with Gasteiger partial charge in [0.1, 0.15) is 0 Å². The van der Waals surface area contributed by atoms with Crippen molar-refractivity contribution in [2.45, 2.75) is 13.1 Å². The first kappa shape index (κ1) is 14.7. The summed E-state index contributed by atoms with van der Waals surface area (Å²) in [6, 6.07) is 10.5. The summed E-state index contributed by atoms with van der Waals surface area (Å²) in [7, 11) is 0. The molecule has 21 heavy (non-hydrogen) atoms. The molecule has 0 saturated heterocycles. The van der Waals surface area contributed by atoms with Crippen LogP contribution in [0.5, 0.6) is 0 Å². The van der Waals surface area contributed by atoms with Crippen molar-refractivity contribution in [3.63, 3.8) is 0 Å². The Bertz CT molecular complexity index is 724. The van der Waals surface area contributed by atoms with Crippen LogP contribution in [-0.4, -0.2) is 33.4 Å². The molecule has 2 aromatic heterocycles. The average Bonchev–Trinajstić information content (AvgIpc) is 3.07. The van der Waals surface area contributed by atoms with Crippen molar-refractivity contribution in [2.75, 3.05) is 13.2 Å². The smallest absolute Gasteiger partial charge is 0.0701 e. The van der Waals surface area contributed by atoms with E-state index in [1.807, 2.05) is 6.20 Å². The summed E-state index contributed by atoms with van der Waals surface area (Å²) in [5.41, 5.74) is 2.27. The Hall–Kier alpha value is -1.21. The van der Waals surface area contributed by atoms with Crippen LogP contribution in [0, 0.1) is 0 Å². The first-order chi connectivity index (χ1) is 10.2. The zero-order valence-corrected chi connectivity index (χ0v) is 13.8. The van der Waals surface area contributed by atoms with E-state index in [9.17, 15) is 5.11 Å². The van der Waals surface area contributed by atoms with Crippen LogP contribution in [0.1, 0.15) is 10.4 Å². The van der Waals surface area contributed by atoms with E-state index in [-0.39, 0.29) is 6.61 Å². The third-order valence-corrected chi connectivity index (χ3v) is 4.95. The molecule has 0 amide bonds. The van der Waals surface area contributed by atoms with Gasteiger partial charge in [-0.3, -0.25) is 10.00 Å². The minimum atomic E-state index is 0.166. The Morgan fingerprint density at radius 1 is 1.24 bits per heavy atom. The highest BCUT2D eigenvalue weighted by molar-refractivity contribution is 9.11. The fourth-order valence-corrected chi connectivity index (χ4v) is 3.88. The molecule has 0 saturated carbocycles. The molecule has 0 spiro atoms. The Morgan fingerprint density at radius 2 is 2.14 bits per heavy atom. The van der Waals surface area contributed by atoms with Crippen molar-refractivity contribution in [1.29, 1.82) is 0 Å². The van der Waals surface area contributed by atoms with Gasteiger partial charge >= 0.3 is 0 Å². The van der Waals surface area contributed by atoms with E-state index in [1.54, 1.807) is 11.3 Å². The van der Waals surface area contributed by atoms with Crippen LogP contribution in [0.15, 0.2) is 40.3 Å². The minimum Gasteiger partial charge on any atom is -0.395 e. The number of nitrogens with one attached hydrogen (secondary N) is 1. The molecule has 0 atom stereocenters. The molecule has 0 radical (unpaired) electrons. The number of thiophene rings is 1. The summed E-state index contributed by atoms with van der Waals surface area (Å²) in [6.07, 6.45) is 1.83. The summed E-state index contributed by atoms with van der Waals surface area (Å²) in [4.78, 5) is 3.54. The highest BCUT2D eigenvalue weighted by atomic mass is 79.9. The number of aromatic amines is 1. The normalized spacial score (nSPS) is 11.6. The predicted molar refractivity (Wildman–Crippen MR) is 89.3 cm³/mol. The monoisotopic (exact) mass is 365 g/mol. The van der Waals surface area contributed by atoms with E-state index in [2.05, 4.69) is 61.4 Å². The summed E-state index contributed by atoms with van der Waals surface area (Å²) in [6.45, 7) is 2.48. The van der Waals surface area contributed by atoms with Gasteiger partial charge in [0.2, 0.25) is 0 Å². The van der Waals surface area contributed by atoms with E-state index < -0.39 is 0 Å².